The number of aliphatic hydroxyl groups is 1. The van der Waals surface area contributed by atoms with E-state index in [1.165, 1.54) is 0 Å². The minimum Gasteiger partial charge on any atom is -0.385 e. The molecule has 1 N–H and O–H groups in total. The Morgan fingerprint density at radius 2 is 1.65 bits per heavy atom. The molecule has 110 valence electrons. The highest BCUT2D eigenvalue weighted by atomic mass is 32.2. The van der Waals surface area contributed by atoms with Gasteiger partial charge in [0.15, 0.2) is 21.5 Å². The number of benzene rings is 1. The van der Waals surface area contributed by atoms with Crippen LogP contribution in [-0.2, 0) is 15.4 Å². The Morgan fingerprint density at radius 1 is 1.10 bits per heavy atom. The number of halogens is 3. The first kappa shape index (κ1) is 13.9. The van der Waals surface area contributed by atoms with Crippen LogP contribution in [-0.4, -0.2) is 24.0 Å². The fraction of sp³-hybridized carbons (Fsp3) is 0.538. The average Bonchev–Trinajstić information content (AvgIpc) is 2.53. The van der Waals surface area contributed by atoms with E-state index in [1.54, 1.807) is 0 Å². The summed E-state index contributed by atoms with van der Waals surface area (Å²) in [5, 5.41) is 9.01. The molecule has 0 spiro atoms. The molecular formula is C13H13F3O3S. The Bertz CT molecular complexity index is 652. The second-order valence-corrected chi connectivity index (χ2v) is 8.11. The van der Waals surface area contributed by atoms with E-state index in [0.29, 0.717) is 18.9 Å². The fourth-order valence-corrected chi connectivity index (χ4v) is 5.85. The first-order valence-corrected chi connectivity index (χ1v) is 7.95. The summed E-state index contributed by atoms with van der Waals surface area (Å²) >= 11 is 0. The van der Waals surface area contributed by atoms with Crippen molar-refractivity contribution in [1.29, 1.82) is 0 Å². The highest BCUT2D eigenvalue weighted by Crippen LogP contribution is 2.48. The van der Waals surface area contributed by atoms with E-state index < -0.39 is 49.0 Å². The molecule has 2 heterocycles. The first-order chi connectivity index (χ1) is 9.24. The second kappa shape index (κ2) is 4.21. The van der Waals surface area contributed by atoms with Gasteiger partial charge in [-0.25, -0.2) is 21.6 Å². The zero-order valence-electron chi connectivity index (χ0n) is 10.4. The van der Waals surface area contributed by atoms with Crippen molar-refractivity contribution in [3.8, 4) is 0 Å². The first-order valence-electron chi connectivity index (χ1n) is 6.34. The third-order valence-corrected chi connectivity index (χ3v) is 7.03. The van der Waals surface area contributed by atoms with Gasteiger partial charge in [0, 0.05) is 11.6 Å². The molecule has 2 unspecified atom stereocenters. The van der Waals surface area contributed by atoms with Gasteiger partial charge in [0.2, 0.25) is 0 Å². The lowest BCUT2D eigenvalue weighted by molar-refractivity contribution is 0.0130. The summed E-state index contributed by atoms with van der Waals surface area (Å²) in [5.41, 5.74) is -2.31. The number of fused-ring (bicyclic) bond motifs is 2. The molecule has 2 saturated heterocycles. The van der Waals surface area contributed by atoms with Crippen LogP contribution in [0.5, 0.6) is 0 Å². The number of hydrogen-bond acceptors (Lipinski definition) is 3. The smallest absolute Gasteiger partial charge is 0.165 e. The third kappa shape index (κ3) is 1.87. The van der Waals surface area contributed by atoms with Gasteiger partial charge in [-0.05, 0) is 31.7 Å². The average molecular weight is 306 g/mol. The molecule has 0 amide bonds. The Kier molecular flexibility index (Phi) is 2.92. The lowest BCUT2D eigenvalue weighted by Crippen LogP contribution is -2.43. The minimum absolute atomic E-state index is 0.217. The summed E-state index contributed by atoms with van der Waals surface area (Å²) in [6.45, 7) is 0. The number of sulfone groups is 1. The van der Waals surface area contributed by atoms with Gasteiger partial charge in [-0.1, -0.05) is 0 Å². The van der Waals surface area contributed by atoms with Crippen LogP contribution in [0.2, 0.25) is 0 Å². The molecular weight excluding hydrogens is 293 g/mol. The molecule has 2 bridgehead atoms. The van der Waals surface area contributed by atoms with E-state index in [9.17, 15) is 26.7 Å². The van der Waals surface area contributed by atoms with Gasteiger partial charge < -0.3 is 5.11 Å². The van der Waals surface area contributed by atoms with Crippen molar-refractivity contribution < 1.29 is 26.7 Å². The quantitative estimate of drug-likeness (QED) is 0.808. The fourth-order valence-electron chi connectivity index (χ4n) is 3.36. The lowest BCUT2D eigenvalue weighted by Gasteiger charge is -2.36. The van der Waals surface area contributed by atoms with Crippen molar-refractivity contribution in [1.82, 2.24) is 0 Å². The van der Waals surface area contributed by atoms with Crippen molar-refractivity contribution in [3.05, 3.63) is 35.1 Å². The zero-order chi connectivity index (χ0) is 14.7. The van der Waals surface area contributed by atoms with Crippen molar-refractivity contribution in [2.24, 2.45) is 0 Å². The van der Waals surface area contributed by atoms with Crippen LogP contribution in [0.25, 0.3) is 0 Å². The summed E-state index contributed by atoms with van der Waals surface area (Å²) in [5.74, 6) is -3.69. The normalized spacial score (nSPS) is 35.2. The van der Waals surface area contributed by atoms with E-state index in [-0.39, 0.29) is 12.8 Å². The maximum atomic E-state index is 13.8. The SMILES string of the molecule is O=S1(=O)C2CCC1CC(O)(c1cc(F)cc(F)c1F)C2. The number of rotatable bonds is 1. The molecule has 2 atom stereocenters. The van der Waals surface area contributed by atoms with Crippen molar-refractivity contribution in [3.63, 3.8) is 0 Å². The summed E-state index contributed by atoms with van der Waals surface area (Å²) in [6, 6.07) is 1.15. The Morgan fingerprint density at radius 3 is 2.20 bits per heavy atom. The molecule has 0 radical (unpaired) electrons. The molecule has 7 heteroatoms. The molecule has 3 nitrogen and oxygen atoms in total. The summed E-state index contributed by atoms with van der Waals surface area (Å²) in [4.78, 5) is 0. The molecule has 0 aliphatic carbocycles. The van der Waals surface area contributed by atoms with Crippen LogP contribution in [0.3, 0.4) is 0 Å². The van der Waals surface area contributed by atoms with Gasteiger partial charge >= 0.3 is 0 Å². The predicted molar refractivity (Wildman–Crippen MR) is 65.2 cm³/mol. The molecule has 2 fully saturated rings. The van der Waals surface area contributed by atoms with Crippen LogP contribution < -0.4 is 0 Å². The van der Waals surface area contributed by atoms with Crippen LogP contribution in [0.15, 0.2) is 12.1 Å². The van der Waals surface area contributed by atoms with Crippen molar-refractivity contribution in [2.75, 3.05) is 0 Å². The standard InChI is InChI=1S/C13H13F3O3S/c14-7-3-10(12(16)11(15)4-7)13(17)5-8-1-2-9(6-13)20(8,18)19/h3-4,8-9,17H,1-2,5-6H2. The van der Waals surface area contributed by atoms with Crippen LogP contribution in [0.1, 0.15) is 31.2 Å². The van der Waals surface area contributed by atoms with E-state index in [2.05, 4.69) is 0 Å². The van der Waals surface area contributed by atoms with Crippen LogP contribution in [0.4, 0.5) is 13.2 Å². The van der Waals surface area contributed by atoms with E-state index in [4.69, 9.17) is 0 Å². The second-order valence-electron chi connectivity index (χ2n) is 5.60. The zero-order valence-corrected chi connectivity index (χ0v) is 11.3. The van der Waals surface area contributed by atoms with E-state index in [0.717, 1.165) is 6.07 Å². The summed E-state index contributed by atoms with van der Waals surface area (Å²) < 4.78 is 64.3. The third-order valence-electron chi connectivity index (χ3n) is 4.36. The van der Waals surface area contributed by atoms with Gasteiger partial charge in [0.05, 0.1) is 16.1 Å². The van der Waals surface area contributed by atoms with Gasteiger partial charge in [0.1, 0.15) is 5.82 Å². The lowest BCUT2D eigenvalue weighted by atomic mass is 9.85. The van der Waals surface area contributed by atoms with Gasteiger partial charge in [-0.15, -0.1) is 0 Å². The molecule has 0 aromatic heterocycles. The Hall–Kier alpha value is -1.08. The largest absolute Gasteiger partial charge is 0.385 e. The maximum Gasteiger partial charge on any atom is 0.165 e. The maximum absolute atomic E-state index is 13.8. The molecule has 1 aromatic rings. The Balaban J connectivity index is 2.08. The van der Waals surface area contributed by atoms with E-state index in [1.807, 2.05) is 0 Å². The molecule has 0 saturated carbocycles. The van der Waals surface area contributed by atoms with Gasteiger partial charge in [0.25, 0.3) is 0 Å². The molecule has 1 aromatic carbocycles. The molecule has 20 heavy (non-hydrogen) atoms. The molecule has 2 aliphatic rings. The van der Waals surface area contributed by atoms with Crippen molar-refractivity contribution >= 4 is 9.84 Å². The highest BCUT2D eigenvalue weighted by Gasteiger charge is 2.54. The predicted octanol–water partition coefficient (Wildman–Crippen LogP) is 2.03. The van der Waals surface area contributed by atoms with Gasteiger partial charge in [-0.2, -0.15) is 0 Å². The molecule has 2 aliphatic heterocycles. The Labute approximate surface area is 114 Å². The van der Waals surface area contributed by atoms with Gasteiger partial charge in [-0.3, -0.25) is 0 Å². The highest BCUT2D eigenvalue weighted by molar-refractivity contribution is 7.93. The van der Waals surface area contributed by atoms with Crippen molar-refractivity contribution in [2.45, 2.75) is 41.8 Å². The van der Waals surface area contributed by atoms with E-state index >= 15 is 0 Å². The topological polar surface area (TPSA) is 54.4 Å². The summed E-state index contributed by atoms with van der Waals surface area (Å²) in [7, 11) is -3.31. The number of hydrogen-bond donors (Lipinski definition) is 1. The summed E-state index contributed by atoms with van der Waals surface area (Å²) in [6.07, 6.45) is 0.362. The van der Waals surface area contributed by atoms with Crippen LogP contribution >= 0.6 is 0 Å². The monoisotopic (exact) mass is 306 g/mol. The minimum atomic E-state index is -3.31. The van der Waals surface area contributed by atoms with Crippen LogP contribution in [0, 0.1) is 17.5 Å². The molecule has 3 rings (SSSR count).